The van der Waals surface area contributed by atoms with Gasteiger partial charge in [-0.05, 0) is 44.0 Å². The van der Waals surface area contributed by atoms with E-state index in [-0.39, 0.29) is 6.79 Å². The first-order valence-corrected chi connectivity index (χ1v) is 6.88. The van der Waals surface area contributed by atoms with Gasteiger partial charge in [-0.2, -0.15) is 8.42 Å². The summed E-state index contributed by atoms with van der Waals surface area (Å²) in [5.41, 5.74) is 0. The molecule has 0 fully saturated rings. The summed E-state index contributed by atoms with van der Waals surface area (Å²) in [6.45, 7) is -0.00107. The minimum atomic E-state index is -4.73. The summed E-state index contributed by atoms with van der Waals surface area (Å²) in [4.78, 5) is -0.448. The van der Waals surface area contributed by atoms with Crippen LogP contribution in [-0.2, 0) is 15.0 Å². The first kappa shape index (κ1) is 13.9. The second-order valence-electron chi connectivity index (χ2n) is 2.70. The van der Waals surface area contributed by atoms with Crippen LogP contribution in [0.3, 0.4) is 0 Å². The Labute approximate surface area is 109 Å². The summed E-state index contributed by atoms with van der Waals surface area (Å²) in [5.74, 6) is 0.342. The molecular formula is C8H7Br2FO4S. The fourth-order valence-electron chi connectivity index (χ4n) is 0.933. The maximum absolute atomic E-state index is 12.7. The molecule has 8 heteroatoms. The van der Waals surface area contributed by atoms with Crippen molar-refractivity contribution in [2.45, 2.75) is 4.90 Å². The van der Waals surface area contributed by atoms with Crippen LogP contribution in [0.4, 0.5) is 3.89 Å². The van der Waals surface area contributed by atoms with Crippen molar-refractivity contribution in [2.24, 2.45) is 0 Å². The molecule has 0 radical (unpaired) electrons. The Balaban J connectivity index is 3.18. The molecule has 0 saturated carbocycles. The molecule has 0 unspecified atom stereocenters. The highest BCUT2D eigenvalue weighted by Gasteiger charge is 2.17. The fraction of sp³-hybridized carbons (Fsp3) is 0.250. The molecule has 0 aliphatic rings. The number of hydrogen-bond acceptors (Lipinski definition) is 4. The van der Waals surface area contributed by atoms with E-state index < -0.39 is 15.1 Å². The van der Waals surface area contributed by atoms with Crippen molar-refractivity contribution in [3.8, 4) is 5.75 Å². The maximum atomic E-state index is 12.7. The zero-order valence-corrected chi connectivity index (χ0v) is 12.0. The number of ether oxygens (including phenoxy) is 2. The van der Waals surface area contributed by atoms with Gasteiger partial charge in [0.05, 0.1) is 8.95 Å². The summed E-state index contributed by atoms with van der Waals surface area (Å²) in [6.07, 6.45) is 0. The molecule has 0 bridgehead atoms. The largest absolute Gasteiger partial charge is 0.465 e. The SMILES string of the molecule is COCOc1c(Br)cc(S(=O)(=O)F)cc1Br. The molecule has 0 atom stereocenters. The molecule has 16 heavy (non-hydrogen) atoms. The van der Waals surface area contributed by atoms with E-state index >= 15 is 0 Å². The summed E-state index contributed by atoms with van der Waals surface area (Å²) >= 11 is 6.16. The van der Waals surface area contributed by atoms with E-state index in [1.54, 1.807) is 0 Å². The van der Waals surface area contributed by atoms with Crippen LogP contribution in [0.25, 0.3) is 0 Å². The highest BCUT2D eigenvalue weighted by atomic mass is 79.9. The first-order chi connectivity index (χ1) is 7.36. The van der Waals surface area contributed by atoms with Crippen molar-refractivity contribution in [3.63, 3.8) is 0 Å². The van der Waals surface area contributed by atoms with Crippen molar-refractivity contribution in [2.75, 3.05) is 13.9 Å². The lowest BCUT2D eigenvalue weighted by Gasteiger charge is -2.09. The highest BCUT2D eigenvalue weighted by Crippen LogP contribution is 2.36. The summed E-state index contributed by atoms with van der Waals surface area (Å²) in [5, 5.41) is 0. The smallest absolute Gasteiger partial charge is 0.332 e. The Kier molecular flexibility index (Phi) is 4.72. The Morgan fingerprint density at radius 2 is 1.81 bits per heavy atom. The van der Waals surface area contributed by atoms with E-state index in [2.05, 4.69) is 31.9 Å². The quantitative estimate of drug-likeness (QED) is 0.598. The van der Waals surface area contributed by atoms with Gasteiger partial charge in [0.15, 0.2) is 12.5 Å². The molecule has 0 aromatic heterocycles. The standard InChI is InChI=1S/C8H7Br2FO4S/c1-14-4-15-8-6(9)2-5(3-7(8)10)16(11,12)13/h2-3H,4H2,1H3. The van der Waals surface area contributed by atoms with Crippen molar-refractivity contribution < 1.29 is 21.8 Å². The normalized spacial score (nSPS) is 11.5. The second-order valence-corrected chi connectivity index (χ2v) is 5.76. The molecule has 0 spiro atoms. The van der Waals surface area contributed by atoms with Crippen molar-refractivity contribution in [1.29, 1.82) is 0 Å². The van der Waals surface area contributed by atoms with Gasteiger partial charge in [-0.3, -0.25) is 0 Å². The Hall–Kier alpha value is -0.180. The average Bonchev–Trinajstić information content (AvgIpc) is 2.15. The number of rotatable bonds is 4. The molecule has 0 aliphatic heterocycles. The van der Waals surface area contributed by atoms with Gasteiger partial charge in [-0.25, -0.2) is 0 Å². The predicted molar refractivity (Wildman–Crippen MR) is 62.6 cm³/mol. The van der Waals surface area contributed by atoms with E-state index in [1.165, 1.54) is 7.11 Å². The lowest BCUT2D eigenvalue weighted by molar-refractivity contribution is 0.0500. The van der Waals surface area contributed by atoms with E-state index in [4.69, 9.17) is 9.47 Å². The fourth-order valence-corrected chi connectivity index (χ4v) is 3.17. The summed E-state index contributed by atoms with van der Waals surface area (Å²) in [6, 6.07) is 2.23. The molecule has 4 nitrogen and oxygen atoms in total. The van der Waals surface area contributed by atoms with Crippen LogP contribution in [-0.4, -0.2) is 22.3 Å². The van der Waals surface area contributed by atoms with Crippen LogP contribution < -0.4 is 4.74 Å². The van der Waals surface area contributed by atoms with Crippen LogP contribution in [0.15, 0.2) is 26.0 Å². The topological polar surface area (TPSA) is 52.6 Å². The molecular weight excluding hydrogens is 371 g/mol. The van der Waals surface area contributed by atoms with Gasteiger partial charge >= 0.3 is 10.2 Å². The average molecular weight is 378 g/mol. The molecule has 0 amide bonds. The van der Waals surface area contributed by atoms with E-state index in [0.29, 0.717) is 14.7 Å². The minimum absolute atomic E-state index is 0.00107. The molecule has 1 aromatic carbocycles. The molecule has 90 valence electrons. The van der Waals surface area contributed by atoms with Gasteiger partial charge in [-0.15, -0.1) is 3.89 Å². The molecule has 0 aliphatic carbocycles. The van der Waals surface area contributed by atoms with Gasteiger partial charge in [0, 0.05) is 7.11 Å². The number of hydrogen-bond donors (Lipinski definition) is 0. The molecule has 1 aromatic rings. The lowest BCUT2D eigenvalue weighted by Crippen LogP contribution is -2.01. The van der Waals surface area contributed by atoms with Crippen LogP contribution in [0.1, 0.15) is 0 Å². The molecule has 1 rings (SSSR count). The third-order valence-corrected chi connectivity index (χ3v) is 3.55. The zero-order chi connectivity index (χ0) is 12.3. The maximum Gasteiger partial charge on any atom is 0.332 e. The van der Waals surface area contributed by atoms with E-state index in [0.717, 1.165) is 12.1 Å². The monoisotopic (exact) mass is 376 g/mol. The first-order valence-electron chi connectivity index (χ1n) is 3.91. The minimum Gasteiger partial charge on any atom is -0.465 e. The Bertz CT molecular complexity index is 466. The van der Waals surface area contributed by atoms with Crippen LogP contribution in [0.2, 0.25) is 0 Å². The van der Waals surface area contributed by atoms with Crippen molar-refractivity contribution in [1.82, 2.24) is 0 Å². The molecule has 0 saturated heterocycles. The van der Waals surface area contributed by atoms with Gasteiger partial charge in [0.1, 0.15) is 4.90 Å². The third kappa shape index (κ3) is 3.41. The zero-order valence-electron chi connectivity index (χ0n) is 8.04. The van der Waals surface area contributed by atoms with Gasteiger partial charge in [0.25, 0.3) is 0 Å². The predicted octanol–water partition coefficient (Wildman–Crippen LogP) is 2.85. The van der Waals surface area contributed by atoms with E-state index in [9.17, 15) is 12.3 Å². The summed E-state index contributed by atoms with van der Waals surface area (Å²) < 4.78 is 44.6. The lowest BCUT2D eigenvalue weighted by atomic mass is 10.3. The van der Waals surface area contributed by atoms with Crippen LogP contribution in [0.5, 0.6) is 5.75 Å². The van der Waals surface area contributed by atoms with Gasteiger partial charge in [0.2, 0.25) is 0 Å². The second kappa shape index (κ2) is 5.44. The molecule has 0 N–H and O–H groups in total. The molecule has 0 heterocycles. The number of halogens is 3. The van der Waals surface area contributed by atoms with Crippen molar-refractivity contribution in [3.05, 3.63) is 21.1 Å². The summed E-state index contributed by atoms with van der Waals surface area (Å²) in [7, 11) is -3.29. The van der Waals surface area contributed by atoms with Crippen LogP contribution >= 0.6 is 31.9 Å². The number of methoxy groups -OCH3 is 1. The van der Waals surface area contributed by atoms with Crippen LogP contribution in [0, 0.1) is 0 Å². The Morgan fingerprint density at radius 3 is 2.19 bits per heavy atom. The van der Waals surface area contributed by atoms with Gasteiger partial charge < -0.3 is 9.47 Å². The van der Waals surface area contributed by atoms with Gasteiger partial charge in [-0.1, -0.05) is 0 Å². The van der Waals surface area contributed by atoms with E-state index in [1.807, 2.05) is 0 Å². The third-order valence-electron chi connectivity index (χ3n) is 1.57. The number of benzene rings is 1. The highest BCUT2D eigenvalue weighted by molar-refractivity contribution is 9.11. The van der Waals surface area contributed by atoms with Crippen molar-refractivity contribution >= 4 is 42.1 Å². The Morgan fingerprint density at radius 1 is 1.31 bits per heavy atom.